The fourth-order valence-electron chi connectivity index (χ4n) is 2.32. The molecule has 0 amide bonds. The number of hydrogen-bond acceptors (Lipinski definition) is 5. The Morgan fingerprint density at radius 1 is 1.31 bits per heavy atom. The lowest BCUT2D eigenvalue weighted by molar-refractivity contribution is 0.0476. The van der Waals surface area contributed by atoms with Crippen molar-refractivity contribution in [3.05, 3.63) is 74.0 Å². The van der Waals surface area contributed by atoms with Crippen LogP contribution in [-0.4, -0.2) is 21.4 Å². The van der Waals surface area contributed by atoms with Crippen molar-refractivity contribution in [3.8, 4) is 5.69 Å². The maximum atomic E-state index is 12.5. The molecule has 0 aliphatic rings. The number of nitrogens with zero attached hydrogens (tertiary/aromatic N) is 2. The third-order valence-electron chi connectivity index (χ3n) is 3.73. The SMILES string of the molecule is CC(O)(CNc1cnn(-c2ccc(Cl)cc2Cl)c(=O)c1Cl)c1ccco1. The molecule has 1 unspecified atom stereocenters. The number of halogens is 3. The van der Waals surface area contributed by atoms with Crippen molar-refractivity contribution in [3.63, 3.8) is 0 Å². The first kappa shape index (κ1) is 18.8. The van der Waals surface area contributed by atoms with Crippen molar-refractivity contribution >= 4 is 40.5 Å². The molecular weight excluding hydrogens is 401 g/mol. The van der Waals surface area contributed by atoms with Crippen molar-refractivity contribution in [2.45, 2.75) is 12.5 Å². The smallest absolute Gasteiger partial charge is 0.292 e. The van der Waals surface area contributed by atoms with Gasteiger partial charge in [0, 0.05) is 5.02 Å². The topological polar surface area (TPSA) is 80.3 Å². The molecule has 1 aromatic carbocycles. The Hall–Kier alpha value is -1.99. The first-order valence-corrected chi connectivity index (χ1v) is 8.66. The molecule has 2 aromatic heterocycles. The lowest BCUT2D eigenvalue weighted by atomic mass is 10.0. The summed E-state index contributed by atoms with van der Waals surface area (Å²) in [5.41, 5.74) is -1.21. The van der Waals surface area contributed by atoms with E-state index in [1.165, 1.54) is 18.5 Å². The van der Waals surface area contributed by atoms with Crippen LogP contribution in [0.15, 0.2) is 52.0 Å². The van der Waals surface area contributed by atoms with Crippen molar-refractivity contribution in [1.82, 2.24) is 9.78 Å². The van der Waals surface area contributed by atoms with Crippen LogP contribution in [0.3, 0.4) is 0 Å². The predicted octanol–water partition coefficient (Wildman–Crippen LogP) is 4.11. The molecular formula is C17H14Cl3N3O3. The molecule has 3 aromatic rings. The highest BCUT2D eigenvalue weighted by molar-refractivity contribution is 6.36. The van der Waals surface area contributed by atoms with Crippen LogP contribution in [0.4, 0.5) is 5.69 Å². The minimum atomic E-state index is -1.29. The molecule has 0 aliphatic carbocycles. The average molecular weight is 415 g/mol. The fraction of sp³-hybridized carbons (Fsp3) is 0.176. The standard InChI is InChI=1S/C17H14Cl3N3O3/c1-17(25,14-3-2-6-26-14)9-21-12-8-22-23(16(24)15(12)20)13-5-4-10(18)7-11(13)19/h2-8,21,25H,9H2,1H3. The Kier molecular flexibility index (Phi) is 5.29. The molecule has 0 radical (unpaired) electrons. The van der Waals surface area contributed by atoms with E-state index < -0.39 is 11.2 Å². The first-order valence-electron chi connectivity index (χ1n) is 7.53. The first-order chi connectivity index (χ1) is 12.3. The van der Waals surface area contributed by atoms with Gasteiger partial charge in [0.2, 0.25) is 0 Å². The van der Waals surface area contributed by atoms with E-state index in [1.807, 2.05) is 0 Å². The number of aromatic nitrogens is 2. The van der Waals surface area contributed by atoms with E-state index in [2.05, 4.69) is 10.4 Å². The largest absolute Gasteiger partial charge is 0.466 e. The summed E-state index contributed by atoms with van der Waals surface area (Å²) in [6.07, 6.45) is 2.85. The third-order valence-corrected chi connectivity index (χ3v) is 4.63. The Morgan fingerprint density at radius 2 is 2.08 bits per heavy atom. The summed E-state index contributed by atoms with van der Waals surface area (Å²) in [4.78, 5) is 12.5. The van der Waals surface area contributed by atoms with Gasteiger partial charge in [0.25, 0.3) is 5.56 Å². The monoisotopic (exact) mass is 413 g/mol. The van der Waals surface area contributed by atoms with Gasteiger partial charge in [0.1, 0.15) is 16.4 Å². The van der Waals surface area contributed by atoms with E-state index in [1.54, 1.807) is 31.2 Å². The molecule has 0 saturated heterocycles. The van der Waals surface area contributed by atoms with E-state index in [-0.39, 0.29) is 22.3 Å². The van der Waals surface area contributed by atoms with Crippen LogP contribution in [0.25, 0.3) is 5.69 Å². The van der Waals surface area contributed by atoms with Crippen LogP contribution < -0.4 is 10.9 Å². The summed E-state index contributed by atoms with van der Waals surface area (Å²) in [5.74, 6) is 0.385. The summed E-state index contributed by atoms with van der Waals surface area (Å²) in [6.45, 7) is 1.64. The second-order valence-electron chi connectivity index (χ2n) is 5.79. The minimum absolute atomic E-state index is 0.0626. The van der Waals surface area contributed by atoms with Gasteiger partial charge < -0.3 is 14.8 Å². The van der Waals surface area contributed by atoms with Crippen LogP contribution in [0.5, 0.6) is 0 Å². The molecule has 0 aliphatic heterocycles. The number of nitrogens with one attached hydrogen (secondary N) is 1. The molecule has 136 valence electrons. The summed E-state index contributed by atoms with van der Waals surface area (Å²) in [7, 11) is 0. The van der Waals surface area contributed by atoms with Gasteiger partial charge in [-0.2, -0.15) is 9.78 Å². The second-order valence-corrected chi connectivity index (χ2v) is 7.01. The molecule has 3 rings (SSSR count). The van der Waals surface area contributed by atoms with Gasteiger partial charge in [-0.3, -0.25) is 4.79 Å². The van der Waals surface area contributed by atoms with E-state index in [4.69, 9.17) is 39.2 Å². The molecule has 0 spiro atoms. The lowest BCUT2D eigenvalue weighted by Gasteiger charge is -2.22. The highest BCUT2D eigenvalue weighted by Crippen LogP contribution is 2.26. The van der Waals surface area contributed by atoms with Gasteiger partial charge in [-0.1, -0.05) is 34.8 Å². The fourth-order valence-corrected chi connectivity index (χ4v) is 3.00. The summed E-state index contributed by atoms with van der Waals surface area (Å²) < 4.78 is 6.29. The molecule has 1 atom stereocenters. The molecule has 26 heavy (non-hydrogen) atoms. The van der Waals surface area contributed by atoms with E-state index >= 15 is 0 Å². The van der Waals surface area contributed by atoms with E-state index in [0.717, 1.165) is 4.68 Å². The van der Waals surface area contributed by atoms with Gasteiger partial charge in [-0.25, -0.2) is 0 Å². The summed E-state index contributed by atoms with van der Waals surface area (Å²) in [5, 5.41) is 18.1. The molecule has 6 nitrogen and oxygen atoms in total. The highest BCUT2D eigenvalue weighted by atomic mass is 35.5. The zero-order chi connectivity index (χ0) is 18.9. The van der Waals surface area contributed by atoms with E-state index in [0.29, 0.717) is 16.5 Å². The van der Waals surface area contributed by atoms with Crippen molar-refractivity contribution in [1.29, 1.82) is 0 Å². The number of furan rings is 1. The van der Waals surface area contributed by atoms with Crippen LogP contribution in [0, 0.1) is 0 Å². The van der Waals surface area contributed by atoms with Gasteiger partial charge in [0.15, 0.2) is 0 Å². The van der Waals surface area contributed by atoms with Gasteiger partial charge >= 0.3 is 0 Å². The number of rotatable bonds is 5. The molecule has 0 saturated carbocycles. The maximum Gasteiger partial charge on any atom is 0.292 e. The van der Waals surface area contributed by atoms with E-state index in [9.17, 15) is 9.90 Å². The predicted molar refractivity (Wildman–Crippen MR) is 102 cm³/mol. The van der Waals surface area contributed by atoms with Gasteiger partial charge in [-0.15, -0.1) is 0 Å². The van der Waals surface area contributed by atoms with Gasteiger partial charge in [-0.05, 0) is 37.3 Å². The molecule has 9 heteroatoms. The average Bonchev–Trinajstić information content (AvgIpc) is 3.13. The van der Waals surface area contributed by atoms with Crippen LogP contribution in [0.2, 0.25) is 15.1 Å². The lowest BCUT2D eigenvalue weighted by Crippen LogP contribution is -2.31. The summed E-state index contributed by atoms with van der Waals surface area (Å²) in [6, 6.07) is 8.01. The van der Waals surface area contributed by atoms with Crippen LogP contribution in [0.1, 0.15) is 12.7 Å². The normalized spacial score (nSPS) is 13.4. The summed E-state index contributed by atoms with van der Waals surface area (Å²) >= 11 is 18.2. The Morgan fingerprint density at radius 3 is 2.73 bits per heavy atom. The minimum Gasteiger partial charge on any atom is -0.466 e. The number of hydrogen-bond donors (Lipinski definition) is 2. The second kappa shape index (κ2) is 7.32. The zero-order valence-corrected chi connectivity index (χ0v) is 15.8. The van der Waals surface area contributed by atoms with Crippen molar-refractivity contribution < 1.29 is 9.52 Å². The molecule has 0 bridgehead atoms. The van der Waals surface area contributed by atoms with Crippen LogP contribution >= 0.6 is 34.8 Å². The van der Waals surface area contributed by atoms with Gasteiger partial charge in [0.05, 0.1) is 35.4 Å². The molecule has 2 N–H and O–H groups in total. The quantitative estimate of drug-likeness (QED) is 0.657. The Balaban J connectivity index is 1.87. The number of aliphatic hydroxyl groups is 1. The number of anilines is 1. The Labute approximate surface area is 163 Å². The Bertz CT molecular complexity index is 985. The van der Waals surface area contributed by atoms with Crippen LogP contribution in [-0.2, 0) is 5.60 Å². The maximum absolute atomic E-state index is 12.5. The molecule has 0 fully saturated rings. The highest BCUT2D eigenvalue weighted by Gasteiger charge is 2.26. The molecule has 2 heterocycles. The van der Waals surface area contributed by atoms with Crippen molar-refractivity contribution in [2.75, 3.05) is 11.9 Å². The third kappa shape index (κ3) is 3.73. The zero-order valence-electron chi connectivity index (χ0n) is 13.5. The number of benzene rings is 1. The van der Waals surface area contributed by atoms with Crippen molar-refractivity contribution in [2.24, 2.45) is 0 Å².